The van der Waals surface area contributed by atoms with Gasteiger partial charge in [-0.05, 0) is 67.1 Å². The Morgan fingerprint density at radius 2 is 1.86 bits per heavy atom. The maximum absolute atomic E-state index is 13.4. The molecule has 2 N–H and O–H groups in total. The Balaban J connectivity index is 1.73. The summed E-state index contributed by atoms with van der Waals surface area (Å²) in [7, 11) is 1.55. The smallest absolute Gasteiger partial charge is 0.301 e. The van der Waals surface area contributed by atoms with Gasteiger partial charge in [0.2, 0.25) is 0 Å². The molecule has 1 unspecified atom stereocenters. The van der Waals surface area contributed by atoms with Crippen LogP contribution in [0.15, 0.2) is 66.2 Å². The van der Waals surface area contributed by atoms with E-state index in [0.717, 1.165) is 4.70 Å². The van der Waals surface area contributed by atoms with E-state index in [4.69, 9.17) is 21.1 Å². The number of hydrogen-bond acceptors (Lipinski definition) is 8. The molecule has 1 amide bonds. The average molecular weight is 537 g/mol. The van der Waals surface area contributed by atoms with Crippen LogP contribution in [0.5, 0.6) is 17.2 Å². The van der Waals surface area contributed by atoms with Gasteiger partial charge in [-0.25, -0.2) is 4.98 Å². The molecule has 37 heavy (non-hydrogen) atoms. The topological polar surface area (TPSA) is 109 Å². The van der Waals surface area contributed by atoms with Crippen molar-refractivity contribution < 1.29 is 29.3 Å². The Kier molecular flexibility index (Phi) is 6.49. The molecular weight excluding hydrogens is 516 g/mol. The Bertz CT molecular complexity index is 1560. The standard InChI is InChI=1S/C27H21ClN2O6S/c1-3-36-20-12-15(6-11-19(20)31)23-22(24(32)14-4-7-16(28)8-5-14)25(33)26(34)30(23)27-29-18-10-9-17(35-2)13-21(18)37-27/h4-13,23,31-32H,3H2,1-2H3/b24-22+. The van der Waals surface area contributed by atoms with Gasteiger partial charge in [0.25, 0.3) is 5.78 Å². The maximum atomic E-state index is 13.4. The number of rotatable bonds is 6. The van der Waals surface area contributed by atoms with Crippen LogP contribution in [0.3, 0.4) is 0 Å². The van der Waals surface area contributed by atoms with Gasteiger partial charge in [-0.1, -0.05) is 29.0 Å². The fourth-order valence-corrected chi connectivity index (χ4v) is 5.35. The van der Waals surface area contributed by atoms with Gasteiger partial charge < -0.3 is 19.7 Å². The second-order valence-corrected chi connectivity index (χ2v) is 9.61. The van der Waals surface area contributed by atoms with E-state index in [-0.39, 0.29) is 28.0 Å². The third-order valence-corrected chi connectivity index (χ3v) is 7.22. The molecule has 1 aliphatic heterocycles. The Labute approximate surface area is 221 Å². The number of benzene rings is 3. The van der Waals surface area contributed by atoms with Crippen LogP contribution >= 0.6 is 22.9 Å². The van der Waals surface area contributed by atoms with Crippen LogP contribution < -0.4 is 14.4 Å². The number of amides is 1. The number of phenols is 1. The van der Waals surface area contributed by atoms with E-state index in [1.807, 2.05) is 0 Å². The molecule has 1 aliphatic rings. The van der Waals surface area contributed by atoms with Crippen molar-refractivity contribution in [2.75, 3.05) is 18.6 Å². The molecule has 1 aromatic heterocycles. The molecule has 188 valence electrons. The molecule has 0 aliphatic carbocycles. The number of phenolic OH excluding ortho intramolecular Hbond substituents is 1. The lowest BCUT2D eigenvalue weighted by Crippen LogP contribution is -2.29. The summed E-state index contributed by atoms with van der Waals surface area (Å²) >= 11 is 7.21. The quantitative estimate of drug-likeness (QED) is 0.185. The van der Waals surface area contributed by atoms with Gasteiger partial charge in [-0.15, -0.1) is 0 Å². The number of ether oxygens (including phenoxy) is 2. The van der Waals surface area contributed by atoms with Gasteiger partial charge in [0.1, 0.15) is 11.5 Å². The number of thiazole rings is 1. The molecule has 8 nitrogen and oxygen atoms in total. The number of nitrogens with zero attached hydrogens (tertiary/aromatic N) is 2. The molecule has 0 bridgehead atoms. The van der Waals surface area contributed by atoms with Gasteiger partial charge in [0.15, 0.2) is 16.6 Å². The first kappa shape index (κ1) is 24.6. The number of aliphatic hydroxyl groups excluding tert-OH is 1. The van der Waals surface area contributed by atoms with Crippen LogP contribution in [0.25, 0.3) is 16.0 Å². The van der Waals surface area contributed by atoms with Crippen molar-refractivity contribution >= 4 is 55.7 Å². The first-order chi connectivity index (χ1) is 17.8. The summed E-state index contributed by atoms with van der Waals surface area (Å²) in [5.74, 6) is -1.32. The van der Waals surface area contributed by atoms with E-state index in [2.05, 4.69) is 4.98 Å². The van der Waals surface area contributed by atoms with Gasteiger partial charge in [-0.2, -0.15) is 0 Å². The highest BCUT2D eigenvalue weighted by Gasteiger charge is 2.48. The highest BCUT2D eigenvalue weighted by Crippen LogP contribution is 2.46. The zero-order valence-corrected chi connectivity index (χ0v) is 21.3. The number of Topliss-reactive ketones (excluding diaryl/α,β-unsaturated/α-hetero) is 1. The van der Waals surface area contributed by atoms with Crippen LogP contribution in [-0.4, -0.2) is 40.6 Å². The minimum absolute atomic E-state index is 0.0904. The van der Waals surface area contributed by atoms with Crippen molar-refractivity contribution in [1.82, 2.24) is 4.98 Å². The van der Waals surface area contributed by atoms with E-state index in [1.165, 1.54) is 22.3 Å². The largest absolute Gasteiger partial charge is 0.507 e. The van der Waals surface area contributed by atoms with E-state index in [9.17, 15) is 19.8 Å². The average Bonchev–Trinajstić information content (AvgIpc) is 3.43. The molecule has 1 atom stereocenters. The summed E-state index contributed by atoms with van der Waals surface area (Å²) in [4.78, 5) is 32.7. The highest BCUT2D eigenvalue weighted by atomic mass is 35.5. The van der Waals surface area contributed by atoms with Crippen molar-refractivity contribution in [2.45, 2.75) is 13.0 Å². The van der Waals surface area contributed by atoms with E-state index >= 15 is 0 Å². The number of carbonyl (C=O) groups excluding carboxylic acids is 2. The van der Waals surface area contributed by atoms with Crippen molar-refractivity contribution in [3.63, 3.8) is 0 Å². The minimum Gasteiger partial charge on any atom is -0.507 e. The second kappa shape index (κ2) is 9.76. The maximum Gasteiger partial charge on any atom is 0.301 e. The van der Waals surface area contributed by atoms with E-state index in [1.54, 1.807) is 68.6 Å². The summed E-state index contributed by atoms with van der Waals surface area (Å²) in [5, 5.41) is 22.2. The Hall–Kier alpha value is -4.08. The zero-order chi connectivity index (χ0) is 26.3. The summed E-state index contributed by atoms with van der Waals surface area (Å²) in [6.45, 7) is 2.07. The fraction of sp³-hybridized carbons (Fsp3) is 0.148. The van der Waals surface area contributed by atoms with Crippen LogP contribution in [0.4, 0.5) is 5.13 Å². The molecule has 0 radical (unpaired) electrons. The van der Waals surface area contributed by atoms with Crippen LogP contribution in [0.1, 0.15) is 24.1 Å². The first-order valence-corrected chi connectivity index (χ1v) is 12.5. The van der Waals surface area contributed by atoms with Crippen molar-refractivity contribution in [1.29, 1.82) is 0 Å². The molecule has 1 fully saturated rings. The lowest BCUT2D eigenvalue weighted by Gasteiger charge is -2.23. The van der Waals surface area contributed by atoms with Crippen LogP contribution in [0, 0.1) is 0 Å². The van der Waals surface area contributed by atoms with Crippen molar-refractivity contribution in [2.24, 2.45) is 0 Å². The number of hydrogen-bond donors (Lipinski definition) is 2. The number of fused-ring (bicyclic) bond motifs is 1. The van der Waals surface area contributed by atoms with Crippen LogP contribution in [-0.2, 0) is 9.59 Å². The lowest BCUT2D eigenvalue weighted by atomic mass is 9.95. The SMILES string of the molecule is CCOc1cc(C2/C(=C(\O)c3ccc(Cl)cc3)C(=O)C(=O)N2c2nc3ccc(OC)cc3s2)ccc1O. The predicted molar refractivity (Wildman–Crippen MR) is 142 cm³/mol. The van der Waals surface area contributed by atoms with Crippen molar-refractivity contribution in [3.8, 4) is 17.2 Å². The summed E-state index contributed by atoms with van der Waals surface area (Å²) in [6.07, 6.45) is 0. The summed E-state index contributed by atoms with van der Waals surface area (Å²) < 4.78 is 11.6. The zero-order valence-electron chi connectivity index (χ0n) is 19.8. The molecule has 10 heteroatoms. The summed E-state index contributed by atoms with van der Waals surface area (Å²) in [5.41, 5.74) is 1.29. The molecule has 4 aromatic rings. The molecule has 0 saturated carbocycles. The predicted octanol–water partition coefficient (Wildman–Crippen LogP) is 5.69. The van der Waals surface area contributed by atoms with Gasteiger partial charge >= 0.3 is 5.91 Å². The second-order valence-electron chi connectivity index (χ2n) is 8.17. The number of carbonyl (C=O) groups is 2. The number of methoxy groups -OCH3 is 1. The number of anilines is 1. The third-order valence-electron chi connectivity index (χ3n) is 5.95. The van der Waals surface area contributed by atoms with E-state index in [0.29, 0.717) is 34.0 Å². The molecular formula is C27H21ClN2O6S. The monoisotopic (exact) mass is 536 g/mol. The summed E-state index contributed by atoms with van der Waals surface area (Å²) in [6, 6.07) is 15.1. The molecule has 0 spiro atoms. The number of halogens is 1. The number of aromatic nitrogens is 1. The number of aliphatic hydroxyl groups is 1. The molecule has 2 heterocycles. The normalized spacial score (nSPS) is 16.9. The van der Waals surface area contributed by atoms with Crippen molar-refractivity contribution in [3.05, 3.63) is 82.4 Å². The third kappa shape index (κ3) is 4.36. The number of aromatic hydroxyl groups is 1. The van der Waals surface area contributed by atoms with Gasteiger partial charge in [0.05, 0.1) is 35.5 Å². The molecule has 1 saturated heterocycles. The number of ketones is 1. The highest BCUT2D eigenvalue weighted by molar-refractivity contribution is 7.22. The minimum atomic E-state index is -1.03. The molecule has 3 aromatic carbocycles. The van der Waals surface area contributed by atoms with Crippen LogP contribution in [0.2, 0.25) is 5.02 Å². The van der Waals surface area contributed by atoms with E-state index < -0.39 is 17.7 Å². The molecule has 5 rings (SSSR count). The first-order valence-electron chi connectivity index (χ1n) is 11.3. The Morgan fingerprint density at radius 3 is 2.57 bits per heavy atom. The lowest BCUT2D eigenvalue weighted by molar-refractivity contribution is -0.132. The van der Waals surface area contributed by atoms with Gasteiger partial charge in [-0.3, -0.25) is 14.5 Å². The fourth-order valence-electron chi connectivity index (χ4n) is 4.20. The van der Waals surface area contributed by atoms with Gasteiger partial charge in [0, 0.05) is 10.6 Å². The Morgan fingerprint density at radius 1 is 1.11 bits per heavy atom.